The zero-order chi connectivity index (χ0) is 14.7. The molecule has 4 heteroatoms. The van der Waals surface area contributed by atoms with E-state index in [0.717, 1.165) is 28.9 Å². The molecule has 0 spiro atoms. The van der Waals surface area contributed by atoms with E-state index in [4.69, 9.17) is 11.6 Å². The van der Waals surface area contributed by atoms with Crippen LogP contribution in [-0.4, -0.2) is 9.55 Å². The molecule has 0 fully saturated rings. The number of nitrogens with zero attached hydrogens (tertiary/aromatic N) is 2. The lowest BCUT2D eigenvalue weighted by Crippen LogP contribution is -2.04. The Bertz CT molecular complexity index is 718. The maximum Gasteiger partial charge on any atom is 0.207 e. The van der Waals surface area contributed by atoms with E-state index in [1.54, 1.807) is 0 Å². The van der Waals surface area contributed by atoms with Crippen LogP contribution < -0.4 is 5.32 Å². The Morgan fingerprint density at radius 2 is 1.76 bits per heavy atom. The van der Waals surface area contributed by atoms with Gasteiger partial charge in [0.25, 0.3) is 0 Å². The summed E-state index contributed by atoms with van der Waals surface area (Å²) in [5, 5.41) is 4.10. The van der Waals surface area contributed by atoms with Crippen molar-refractivity contribution in [1.29, 1.82) is 0 Å². The first-order chi connectivity index (χ1) is 10.2. The van der Waals surface area contributed by atoms with E-state index in [1.165, 1.54) is 5.56 Å². The van der Waals surface area contributed by atoms with E-state index in [0.29, 0.717) is 0 Å². The molecule has 106 valence electrons. The summed E-state index contributed by atoms with van der Waals surface area (Å²) >= 11 is 5.93. The highest BCUT2D eigenvalue weighted by Gasteiger charge is 2.06. The van der Waals surface area contributed by atoms with Gasteiger partial charge in [-0.25, -0.2) is 4.98 Å². The van der Waals surface area contributed by atoms with Gasteiger partial charge in [-0.2, -0.15) is 0 Å². The molecule has 0 aliphatic heterocycles. The van der Waals surface area contributed by atoms with Gasteiger partial charge in [0, 0.05) is 16.9 Å². The first kappa shape index (κ1) is 13.7. The number of aromatic nitrogens is 2. The molecule has 0 saturated heterocycles. The van der Waals surface area contributed by atoms with Crippen molar-refractivity contribution in [3.05, 3.63) is 77.1 Å². The molecule has 1 heterocycles. The number of aryl methyl sites for hydroxylation is 1. The Balaban J connectivity index is 1.84. The largest absolute Gasteiger partial charge is 0.326 e. The predicted octanol–water partition coefficient (Wildman–Crippen LogP) is 4.64. The second-order valence-electron chi connectivity index (χ2n) is 4.95. The quantitative estimate of drug-likeness (QED) is 0.760. The first-order valence-electron chi connectivity index (χ1n) is 6.81. The summed E-state index contributed by atoms with van der Waals surface area (Å²) in [5.74, 6) is 0.841. The van der Waals surface area contributed by atoms with Crippen LogP contribution in [0, 0.1) is 6.92 Å². The van der Waals surface area contributed by atoms with Gasteiger partial charge < -0.3 is 9.88 Å². The maximum absolute atomic E-state index is 5.93. The average molecular weight is 298 g/mol. The molecule has 3 aromatic rings. The van der Waals surface area contributed by atoms with Crippen molar-refractivity contribution in [3.63, 3.8) is 0 Å². The van der Waals surface area contributed by atoms with Gasteiger partial charge in [-0.15, -0.1) is 0 Å². The zero-order valence-electron chi connectivity index (χ0n) is 11.8. The van der Waals surface area contributed by atoms with E-state index in [-0.39, 0.29) is 0 Å². The zero-order valence-corrected chi connectivity index (χ0v) is 12.5. The minimum atomic E-state index is 0.753. The fraction of sp³-hybridized carbons (Fsp3) is 0.118. The van der Waals surface area contributed by atoms with Crippen LogP contribution in [0.15, 0.2) is 60.8 Å². The molecule has 0 radical (unpaired) electrons. The summed E-state index contributed by atoms with van der Waals surface area (Å²) in [6.07, 6.45) is 2.04. The Hall–Kier alpha value is -2.26. The van der Waals surface area contributed by atoms with Crippen LogP contribution >= 0.6 is 11.6 Å². The van der Waals surface area contributed by atoms with Crippen molar-refractivity contribution in [2.75, 3.05) is 5.32 Å². The first-order valence-corrected chi connectivity index (χ1v) is 7.19. The molecular formula is C17H16ClN3. The summed E-state index contributed by atoms with van der Waals surface area (Å²) in [5.41, 5.74) is 3.20. The number of hydrogen-bond donors (Lipinski definition) is 1. The lowest BCUT2D eigenvalue weighted by Gasteiger charge is -2.10. The molecule has 1 N–H and O–H groups in total. The van der Waals surface area contributed by atoms with E-state index >= 15 is 0 Å². The summed E-state index contributed by atoms with van der Waals surface area (Å²) < 4.78 is 2.10. The lowest BCUT2D eigenvalue weighted by atomic mass is 10.2. The standard InChI is InChI=1S/C17H16ClN3/c1-13-11-21(12-14-7-9-15(18)10-8-14)17(19-13)20-16-5-3-2-4-6-16/h2-11H,12H2,1H3,(H,19,20). The molecule has 0 amide bonds. The van der Waals surface area contributed by atoms with E-state index in [9.17, 15) is 0 Å². The molecule has 0 atom stereocenters. The minimum Gasteiger partial charge on any atom is -0.326 e. The van der Waals surface area contributed by atoms with Crippen molar-refractivity contribution in [2.24, 2.45) is 0 Å². The topological polar surface area (TPSA) is 29.9 Å². The Morgan fingerprint density at radius 3 is 2.48 bits per heavy atom. The highest BCUT2D eigenvalue weighted by Crippen LogP contribution is 2.18. The summed E-state index contributed by atoms with van der Waals surface area (Å²) in [6.45, 7) is 2.75. The molecule has 0 bridgehead atoms. The summed E-state index contributed by atoms with van der Waals surface area (Å²) in [4.78, 5) is 4.55. The van der Waals surface area contributed by atoms with Crippen LogP contribution in [0.4, 0.5) is 11.6 Å². The molecule has 3 rings (SSSR count). The van der Waals surface area contributed by atoms with Crippen LogP contribution in [0.1, 0.15) is 11.3 Å². The van der Waals surface area contributed by atoms with Crippen LogP contribution in [0.5, 0.6) is 0 Å². The van der Waals surface area contributed by atoms with E-state index in [1.807, 2.05) is 67.7 Å². The molecule has 0 aliphatic carbocycles. The van der Waals surface area contributed by atoms with E-state index < -0.39 is 0 Å². The van der Waals surface area contributed by atoms with Gasteiger partial charge in [-0.05, 0) is 36.8 Å². The normalized spacial score (nSPS) is 10.6. The van der Waals surface area contributed by atoms with Gasteiger partial charge in [0.05, 0.1) is 12.2 Å². The maximum atomic E-state index is 5.93. The van der Waals surface area contributed by atoms with Crippen LogP contribution in [0.2, 0.25) is 5.02 Å². The number of nitrogens with one attached hydrogen (secondary N) is 1. The van der Waals surface area contributed by atoms with Crippen LogP contribution in [0.25, 0.3) is 0 Å². The van der Waals surface area contributed by atoms with Gasteiger partial charge in [0.1, 0.15) is 0 Å². The van der Waals surface area contributed by atoms with E-state index in [2.05, 4.69) is 14.9 Å². The van der Waals surface area contributed by atoms with Gasteiger partial charge in [-0.3, -0.25) is 0 Å². The van der Waals surface area contributed by atoms with Gasteiger partial charge in [-0.1, -0.05) is 41.9 Å². The second-order valence-corrected chi connectivity index (χ2v) is 5.39. The fourth-order valence-electron chi connectivity index (χ4n) is 2.20. The predicted molar refractivity (Wildman–Crippen MR) is 87.2 cm³/mol. The van der Waals surface area contributed by atoms with Gasteiger partial charge >= 0.3 is 0 Å². The molecule has 3 nitrogen and oxygen atoms in total. The highest BCUT2D eigenvalue weighted by molar-refractivity contribution is 6.30. The number of hydrogen-bond acceptors (Lipinski definition) is 2. The Morgan fingerprint density at radius 1 is 1.05 bits per heavy atom. The van der Waals surface area contributed by atoms with Crippen molar-refractivity contribution >= 4 is 23.2 Å². The minimum absolute atomic E-state index is 0.753. The van der Waals surface area contributed by atoms with Crippen LogP contribution in [0.3, 0.4) is 0 Å². The Kier molecular flexibility index (Phi) is 3.93. The molecule has 0 unspecified atom stereocenters. The third-order valence-corrected chi connectivity index (χ3v) is 3.45. The SMILES string of the molecule is Cc1cn(Cc2ccc(Cl)cc2)c(Nc2ccccc2)n1. The monoisotopic (exact) mass is 297 g/mol. The second kappa shape index (κ2) is 6.02. The van der Waals surface area contributed by atoms with Crippen molar-refractivity contribution in [3.8, 4) is 0 Å². The number of benzene rings is 2. The van der Waals surface area contributed by atoms with Gasteiger partial charge in [0.15, 0.2) is 0 Å². The van der Waals surface area contributed by atoms with Crippen molar-refractivity contribution in [2.45, 2.75) is 13.5 Å². The molecule has 2 aromatic carbocycles. The third kappa shape index (κ3) is 3.44. The fourth-order valence-corrected chi connectivity index (χ4v) is 2.33. The number of imidazole rings is 1. The number of para-hydroxylation sites is 1. The van der Waals surface area contributed by atoms with Gasteiger partial charge in [0.2, 0.25) is 5.95 Å². The Labute approximate surface area is 129 Å². The molecule has 1 aromatic heterocycles. The number of rotatable bonds is 4. The number of halogens is 1. The molecule has 0 aliphatic rings. The molecule has 0 saturated carbocycles. The highest BCUT2D eigenvalue weighted by atomic mass is 35.5. The number of anilines is 2. The van der Waals surface area contributed by atoms with Crippen molar-refractivity contribution < 1.29 is 0 Å². The lowest BCUT2D eigenvalue weighted by molar-refractivity contribution is 0.807. The molecule has 21 heavy (non-hydrogen) atoms. The summed E-state index contributed by atoms with van der Waals surface area (Å²) in [7, 11) is 0. The molecular weight excluding hydrogens is 282 g/mol. The smallest absolute Gasteiger partial charge is 0.207 e. The van der Waals surface area contributed by atoms with Crippen LogP contribution in [-0.2, 0) is 6.54 Å². The van der Waals surface area contributed by atoms with Crippen molar-refractivity contribution in [1.82, 2.24) is 9.55 Å². The third-order valence-electron chi connectivity index (χ3n) is 3.19. The summed E-state index contributed by atoms with van der Waals surface area (Å²) in [6, 6.07) is 17.9. The average Bonchev–Trinajstić information content (AvgIpc) is 2.82.